The maximum absolute atomic E-state index is 13.3. The molecule has 0 aliphatic rings. The normalized spacial score (nSPS) is 11.8. The van der Waals surface area contributed by atoms with Crippen LogP contribution in [-0.2, 0) is 12.7 Å². The number of hydrogen-bond donors (Lipinski definition) is 2. The highest BCUT2D eigenvalue weighted by molar-refractivity contribution is 7.13. The lowest BCUT2D eigenvalue weighted by Crippen LogP contribution is -2.28. The van der Waals surface area contributed by atoms with Crippen LogP contribution in [0.15, 0.2) is 46.8 Å². The van der Waals surface area contributed by atoms with Gasteiger partial charge in [0.2, 0.25) is 0 Å². The predicted octanol–water partition coefficient (Wildman–Crippen LogP) is 5.22. The van der Waals surface area contributed by atoms with E-state index in [2.05, 4.69) is 20.6 Å². The number of rotatable bonds is 7. The molecule has 0 aliphatic heterocycles. The lowest BCUT2D eigenvalue weighted by molar-refractivity contribution is -0.140. The van der Waals surface area contributed by atoms with Gasteiger partial charge in [0.25, 0.3) is 0 Å². The highest BCUT2D eigenvalue weighted by Gasteiger charge is 2.34. The van der Waals surface area contributed by atoms with Crippen LogP contribution in [0.25, 0.3) is 32.6 Å². The molecular weight excluding hydrogens is 517 g/mol. The molecule has 8 nitrogen and oxygen atoms in total. The molecule has 3 aromatic heterocycles. The third-order valence-corrected chi connectivity index (χ3v) is 6.74. The molecule has 12 heteroatoms. The summed E-state index contributed by atoms with van der Waals surface area (Å²) in [4.78, 5) is 35.3. The Kier molecular flexibility index (Phi) is 7.83. The maximum atomic E-state index is 13.3. The largest absolute Gasteiger partial charge is 0.434 e. The Morgan fingerprint density at radius 1 is 1.18 bits per heavy atom. The van der Waals surface area contributed by atoms with Crippen molar-refractivity contribution in [3.8, 4) is 21.7 Å². The minimum absolute atomic E-state index is 0.112. The molecule has 0 unspecified atom stereocenters. The molecule has 4 rings (SSSR count). The van der Waals surface area contributed by atoms with Crippen LogP contribution < -0.4 is 16.1 Å². The lowest BCUT2D eigenvalue weighted by Gasteiger charge is -2.16. The van der Waals surface area contributed by atoms with E-state index in [1.54, 1.807) is 26.0 Å². The van der Waals surface area contributed by atoms with Crippen LogP contribution in [0.5, 0.6) is 0 Å². The predicted molar refractivity (Wildman–Crippen MR) is 144 cm³/mol. The van der Waals surface area contributed by atoms with Crippen LogP contribution in [0.4, 0.5) is 23.8 Å². The van der Waals surface area contributed by atoms with Gasteiger partial charge in [0.15, 0.2) is 11.1 Å². The molecule has 0 bridgehead atoms. The van der Waals surface area contributed by atoms with Crippen molar-refractivity contribution < 1.29 is 18.0 Å². The molecule has 38 heavy (non-hydrogen) atoms. The topological polar surface area (TPSA) is 92.2 Å². The Bertz CT molecular complexity index is 1540. The average Bonchev–Trinajstić information content (AvgIpc) is 3.36. The van der Waals surface area contributed by atoms with Crippen LogP contribution in [0.1, 0.15) is 18.2 Å². The molecule has 0 spiro atoms. The first-order valence-electron chi connectivity index (χ1n) is 11.8. The molecule has 3 heterocycles. The molecule has 0 saturated heterocycles. The van der Waals surface area contributed by atoms with E-state index in [0.717, 1.165) is 28.8 Å². The minimum atomic E-state index is -4.60. The number of thiazole rings is 1. The quantitative estimate of drug-likeness (QED) is 0.333. The molecule has 2 amide bonds. The summed E-state index contributed by atoms with van der Waals surface area (Å²) in [7, 11) is 3.94. The van der Waals surface area contributed by atoms with Gasteiger partial charge in [-0.2, -0.15) is 13.2 Å². The molecule has 2 N–H and O–H groups in total. The zero-order chi connectivity index (χ0) is 27.6. The van der Waals surface area contributed by atoms with Gasteiger partial charge in [0.1, 0.15) is 10.8 Å². The number of halogens is 3. The van der Waals surface area contributed by atoms with Gasteiger partial charge in [-0.1, -0.05) is 6.07 Å². The number of likely N-dealkylation sites (N-methyl/N-ethyl adjacent to an activating group) is 1. The summed E-state index contributed by atoms with van der Waals surface area (Å²) >= 11 is 0.839. The Morgan fingerprint density at radius 3 is 2.61 bits per heavy atom. The number of carbonyl (C=O) groups excluding carboxylic acids is 1. The summed E-state index contributed by atoms with van der Waals surface area (Å²) in [6.45, 7) is 5.35. The summed E-state index contributed by atoms with van der Waals surface area (Å²) in [5.74, 6) is 0.154. The number of nitrogens with one attached hydrogen (secondary N) is 2. The zero-order valence-corrected chi connectivity index (χ0v) is 22.1. The van der Waals surface area contributed by atoms with Crippen molar-refractivity contribution in [3.63, 3.8) is 0 Å². The Balaban J connectivity index is 1.87. The van der Waals surface area contributed by atoms with Crippen LogP contribution in [-0.4, -0.2) is 52.7 Å². The van der Waals surface area contributed by atoms with Gasteiger partial charge in [-0.15, -0.1) is 11.3 Å². The van der Waals surface area contributed by atoms with Crippen molar-refractivity contribution in [2.45, 2.75) is 26.6 Å². The number of urea groups is 1. The van der Waals surface area contributed by atoms with E-state index in [4.69, 9.17) is 0 Å². The highest BCUT2D eigenvalue weighted by atomic mass is 32.1. The van der Waals surface area contributed by atoms with Crippen molar-refractivity contribution in [3.05, 3.63) is 63.5 Å². The second-order valence-electron chi connectivity index (χ2n) is 9.01. The molecular formula is C26H27F3N6O2S. The number of anilines is 1. The second kappa shape index (κ2) is 10.9. The van der Waals surface area contributed by atoms with Crippen molar-refractivity contribution in [2.24, 2.45) is 0 Å². The second-order valence-corrected chi connectivity index (χ2v) is 9.86. The van der Waals surface area contributed by atoms with Gasteiger partial charge in [0.05, 0.1) is 5.52 Å². The van der Waals surface area contributed by atoms with Crippen molar-refractivity contribution in [1.29, 1.82) is 0 Å². The van der Waals surface area contributed by atoms with Gasteiger partial charge in [-0.3, -0.25) is 10.1 Å². The summed E-state index contributed by atoms with van der Waals surface area (Å²) in [6.07, 6.45) is -1.30. The third-order valence-electron chi connectivity index (χ3n) is 5.87. The van der Waals surface area contributed by atoms with E-state index >= 15 is 0 Å². The summed E-state index contributed by atoms with van der Waals surface area (Å²) < 4.78 is 41.9. The first-order valence-corrected chi connectivity index (χ1v) is 12.7. The van der Waals surface area contributed by atoms with E-state index in [1.807, 2.05) is 35.8 Å². The standard InChI is InChI=1S/C26H27F3N6O2S/c1-5-30-25(37)33-22-11-17(24-32-21(14-38-24)26(27,28)29)19(12-31-22)16-6-7-20-18(10-16)23(36)15(2)13-35(20)9-8-34(3)4/h6-7,10-14H,5,8-9H2,1-4H3,(H2,30,31,33,37). The monoisotopic (exact) mass is 544 g/mol. The molecule has 0 aliphatic carbocycles. The van der Waals surface area contributed by atoms with E-state index < -0.39 is 17.9 Å². The SMILES string of the molecule is CCNC(=O)Nc1cc(-c2nc(C(F)(F)F)cs2)c(-c2ccc3c(c2)c(=O)c(C)cn3CCN(C)C)cn1. The number of amides is 2. The number of alkyl halides is 3. The fourth-order valence-corrected chi connectivity index (χ4v) is 4.84. The number of carbonyl (C=O) groups is 1. The Morgan fingerprint density at radius 2 is 1.95 bits per heavy atom. The smallest absolute Gasteiger partial charge is 0.346 e. The van der Waals surface area contributed by atoms with Gasteiger partial charge >= 0.3 is 12.2 Å². The fraction of sp³-hybridized carbons (Fsp3) is 0.308. The third kappa shape index (κ3) is 5.86. The van der Waals surface area contributed by atoms with E-state index in [-0.39, 0.29) is 16.3 Å². The number of benzene rings is 1. The Hall–Kier alpha value is -3.77. The van der Waals surface area contributed by atoms with Crippen LogP contribution >= 0.6 is 11.3 Å². The molecule has 0 fully saturated rings. The van der Waals surface area contributed by atoms with Crippen molar-refractivity contribution >= 4 is 34.1 Å². The minimum Gasteiger partial charge on any atom is -0.346 e. The summed E-state index contributed by atoms with van der Waals surface area (Å²) in [5, 5.41) is 6.72. The van der Waals surface area contributed by atoms with Crippen molar-refractivity contribution in [2.75, 3.05) is 32.5 Å². The summed E-state index contributed by atoms with van der Waals surface area (Å²) in [5.41, 5.74) is 1.64. The maximum Gasteiger partial charge on any atom is 0.434 e. The first-order chi connectivity index (χ1) is 18.0. The van der Waals surface area contributed by atoms with Crippen LogP contribution in [0, 0.1) is 6.92 Å². The first kappa shape index (κ1) is 27.3. The molecule has 0 atom stereocenters. The van der Waals surface area contributed by atoms with Gasteiger partial charge in [-0.05, 0) is 51.7 Å². The number of pyridine rings is 2. The molecule has 4 aromatic rings. The average molecular weight is 545 g/mol. The van der Waals surface area contributed by atoms with Gasteiger partial charge in [0, 0.05) is 59.5 Å². The van der Waals surface area contributed by atoms with Gasteiger partial charge < -0.3 is 14.8 Å². The number of aryl methyl sites for hydroxylation is 1. The number of fused-ring (bicyclic) bond motifs is 1. The van der Waals surface area contributed by atoms with E-state index in [9.17, 15) is 22.8 Å². The van der Waals surface area contributed by atoms with E-state index in [0.29, 0.717) is 40.7 Å². The highest BCUT2D eigenvalue weighted by Crippen LogP contribution is 2.38. The zero-order valence-electron chi connectivity index (χ0n) is 21.3. The molecule has 0 saturated carbocycles. The number of nitrogens with zero attached hydrogens (tertiary/aromatic N) is 4. The van der Waals surface area contributed by atoms with Crippen molar-refractivity contribution in [1.82, 2.24) is 24.8 Å². The van der Waals surface area contributed by atoms with Crippen LogP contribution in [0.3, 0.4) is 0 Å². The lowest BCUT2D eigenvalue weighted by atomic mass is 9.99. The summed E-state index contributed by atoms with van der Waals surface area (Å²) in [6, 6.07) is 6.35. The molecule has 1 aromatic carbocycles. The Labute approximate surface area is 221 Å². The van der Waals surface area contributed by atoms with Gasteiger partial charge in [-0.25, -0.2) is 14.8 Å². The number of aromatic nitrogens is 3. The molecule has 200 valence electrons. The number of hydrogen-bond acceptors (Lipinski definition) is 6. The van der Waals surface area contributed by atoms with E-state index in [1.165, 1.54) is 12.3 Å². The molecule has 0 radical (unpaired) electrons. The van der Waals surface area contributed by atoms with Crippen LogP contribution in [0.2, 0.25) is 0 Å². The fourth-order valence-electron chi connectivity index (χ4n) is 3.98.